The summed E-state index contributed by atoms with van der Waals surface area (Å²) in [5, 5.41) is 8.62. The summed E-state index contributed by atoms with van der Waals surface area (Å²) in [7, 11) is 0. The second-order valence-corrected chi connectivity index (χ2v) is 7.92. The average Bonchev–Trinajstić information content (AvgIpc) is 3.38. The van der Waals surface area contributed by atoms with Crippen molar-refractivity contribution in [3.8, 4) is 10.6 Å². The van der Waals surface area contributed by atoms with Crippen LogP contribution in [0, 0.1) is 6.92 Å². The van der Waals surface area contributed by atoms with Crippen molar-refractivity contribution in [2.45, 2.75) is 32.2 Å². The van der Waals surface area contributed by atoms with Crippen LogP contribution in [0.3, 0.4) is 0 Å². The Balaban J connectivity index is 1.38. The molecular formula is C22H21N3O2S. The fraction of sp³-hybridized carbons (Fsp3) is 0.227. The van der Waals surface area contributed by atoms with Crippen LogP contribution in [0.15, 0.2) is 53.9 Å². The van der Waals surface area contributed by atoms with Gasteiger partial charge < -0.3 is 10.6 Å². The Morgan fingerprint density at radius 3 is 2.68 bits per heavy atom. The predicted molar refractivity (Wildman–Crippen MR) is 112 cm³/mol. The van der Waals surface area contributed by atoms with Gasteiger partial charge in [0.25, 0.3) is 5.91 Å². The van der Waals surface area contributed by atoms with Gasteiger partial charge >= 0.3 is 0 Å². The van der Waals surface area contributed by atoms with Crippen LogP contribution >= 0.6 is 11.3 Å². The third-order valence-electron chi connectivity index (χ3n) is 4.51. The van der Waals surface area contributed by atoms with Gasteiger partial charge in [-0.1, -0.05) is 35.9 Å². The number of nitrogens with one attached hydrogen (secondary N) is 2. The number of benzene rings is 2. The van der Waals surface area contributed by atoms with Crippen molar-refractivity contribution in [1.82, 2.24) is 10.3 Å². The number of thiazole rings is 1. The molecule has 1 heterocycles. The molecule has 6 heteroatoms. The molecule has 5 nitrogen and oxygen atoms in total. The van der Waals surface area contributed by atoms with Gasteiger partial charge in [0.2, 0.25) is 5.91 Å². The Hall–Kier alpha value is -2.99. The zero-order chi connectivity index (χ0) is 19.5. The molecule has 2 N–H and O–H groups in total. The normalized spacial score (nSPS) is 13.2. The van der Waals surface area contributed by atoms with E-state index in [1.165, 1.54) is 16.9 Å². The highest BCUT2D eigenvalue weighted by Gasteiger charge is 2.23. The summed E-state index contributed by atoms with van der Waals surface area (Å²) in [4.78, 5) is 29.1. The minimum Gasteiger partial charge on any atom is -0.349 e. The molecule has 1 aromatic heterocycles. The van der Waals surface area contributed by atoms with Gasteiger partial charge in [0, 0.05) is 28.2 Å². The fourth-order valence-corrected chi connectivity index (χ4v) is 3.65. The topological polar surface area (TPSA) is 71.1 Å². The lowest BCUT2D eigenvalue weighted by atomic mass is 10.1. The molecule has 0 radical (unpaired) electrons. The van der Waals surface area contributed by atoms with Gasteiger partial charge in [0.15, 0.2) is 0 Å². The highest BCUT2D eigenvalue weighted by molar-refractivity contribution is 7.13. The van der Waals surface area contributed by atoms with E-state index >= 15 is 0 Å². The van der Waals surface area contributed by atoms with Crippen LogP contribution in [0.1, 0.15) is 34.5 Å². The van der Waals surface area contributed by atoms with Gasteiger partial charge in [-0.15, -0.1) is 11.3 Å². The standard InChI is InChI=1S/C22H21N3O2S/c1-14-5-7-15(8-6-14)22-25-19(13-28-22)12-20(26)23-18-4-2-3-16(11-18)21(27)24-17-9-10-17/h2-8,11,13,17H,9-10,12H2,1H3,(H,23,26)(H,24,27). The molecule has 2 amide bonds. The van der Waals surface area contributed by atoms with Crippen LogP contribution in [0.4, 0.5) is 5.69 Å². The third-order valence-corrected chi connectivity index (χ3v) is 5.45. The SMILES string of the molecule is Cc1ccc(-c2nc(CC(=O)Nc3cccc(C(=O)NC4CC4)c3)cs2)cc1. The van der Waals surface area contributed by atoms with E-state index in [2.05, 4.69) is 27.8 Å². The van der Waals surface area contributed by atoms with Crippen molar-refractivity contribution < 1.29 is 9.59 Å². The molecule has 142 valence electrons. The first kappa shape index (κ1) is 18.4. The maximum atomic E-state index is 12.4. The van der Waals surface area contributed by atoms with E-state index in [0.29, 0.717) is 17.3 Å². The number of anilines is 1. The van der Waals surface area contributed by atoms with Crippen LogP contribution in [-0.2, 0) is 11.2 Å². The summed E-state index contributed by atoms with van der Waals surface area (Å²) in [5.74, 6) is -0.249. The molecule has 0 bridgehead atoms. The molecule has 0 atom stereocenters. The van der Waals surface area contributed by atoms with Gasteiger partial charge in [0.1, 0.15) is 5.01 Å². The molecule has 2 aromatic carbocycles. The molecule has 0 unspecified atom stereocenters. The van der Waals surface area contributed by atoms with Gasteiger partial charge in [0.05, 0.1) is 12.1 Å². The van der Waals surface area contributed by atoms with Crippen molar-refractivity contribution in [2.24, 2.45) is 0 Å². The van der Waals surface area contributed by atoms with Crippen LogP contribution in [-0.4, -0.2) is 22.8 Å². The highest BCUT2D eigenvalue weighted by Crippen LogP contribution is 2.24. The number of carbonyl (C=O) groups excluding carboxylic acids is 2. The number of rotatable bonds is 6. The lowest BCUT2D eigenvalue weighted by molar-refractivity contribution is -0.115. The first-order valence-electron chi connectivity index (χ1n) is 9.29. The number of aromatic nitrogens is 1. The van der Waals surface area contributed by atoms with Crippen molar-refractivity contribution in [2.75, 3.05) is 5.32 Å². The summed E-state index contributed by atoms with van der Waals surface area (Å²) in [6.07, 6.45) is 2.28. The minimum atomic E-state index is -0.152. The Morgan fingerprint density at radius 1 is 1.14 bits per heavy atom. The van der Waals surface area contributed by atoms with Gasteiger partial charge in [-0.2, -0.15) is 0 Å². The van der Waals surface area contributed by atoms with E-state index in [4.69, 9.17) is 0 Å². The lowest BCUT2D eigenvalue weighted by Crippen LogP contribution is -2.25. The molecule has 0 aliphatic heterocycles. The summed E-state index contributed by atoms with van der Waals surface area (Å²) in [5.41, 5.74) is 4.16. The predicted octanol–water partition coefficient (Wildman–Crippen LogP) is 4.19. The Kier molecular flexibility index (Phi) is 5.21. The van der Waals surface area contributed by atoms with Gasteiger partial charge in [-0.25, -0.2) is 4.98 Å². The molecule has 3 aromatic rings. The second kappa shape index (κ2) is 7.94. The Bertz CT molecular complexity index is 1010. The van der Waals surface area contributed by atoms with E-state index < -0.39 is 0 Å². The summed E-state index contributed by atoms with van der Waals surface area (Å²) in [6.45, 7) is 2.05. The van der Waals surface area contributed by atoms with Crippen LogP contribution in [0.25, 0.3) is 10.6 Å². The largest absolute Gasteiger partial charge is 0.349 e. The molecule has 1 saturated carbocycles. The van der Waals surface area contributed by atoms with Crippen molar-refractivity contribution in [3.63, 3.8) is 0 Å². The molecule has 1 aliphatic carbocycles. The first-order valence-corrected chi connectivity index (χ1v) is 10.2. The van der Waals surface area contributed by atoms with Crippen LogP contribution < -0.4 is 10.6 Å². The molecular weight excluding hydrogens is 370 g/mol. The zero-order valence-electron chi connectivity index (χ0n) is 15.6. The summed E-state index contributed by atoms with van der Waals surface area (Å²) in [6, 6.07) is 15.5. The fourth-order valence-electron chi connectivity index (χ4n) is 2.82. The van der Waals surface area contributed by atoms with Gasteiger partial charge in [-0.05, 0) is 38.0 Å². The highest BCUT2D eigenvalue weighted by atomic mass is 32.1. The monoisotopic (exact) mass is 391 g/mol. The second-order valence-electron chi connectivity index (χ2n) is 7.06. The van der Waals surface area contributed by atoms with E-state index in [1.807, 2.05) is 24.4 Å². The quantitative estimate of drug-likeness (QED) is 0.662. The molecule has 0 saturated heterocycles. The number of aryl methyl sites for hydroxylation is 1. The molecule has 4 rings (SSSR count). The third kappa shape index (κ3) is 4.64. The van der Waals surface area contributed by atoms with E-state index in [0.717, 1.165) is 29.1 Å². The minimum absolute atomic E-state index is 0.0964. The molecule has 0 spiro atoms. The maximum Gasteiger partial charge on any atom is 0.251 e. The maximum absolute atomic E-state index is 12.4. The Morgan fingerprint density at radius 2 is 1.93 bits per heavy atom. The number of hydrogen-bond acceptors (Lipinski definition) is 4. The van der Waals surface area contributed by atoms with E-state index in [-0.39, 0.29) is 18.2 Å². The lowest BCUT2D eigenvalue weighted by Gasteiger charge is -2.07. The van der Waals surface area contributed by atoms with Crippen molar-refractivity contribution >= 4 is 28.8 Å². The molecule has 1 fully saturated rings. The molecule has 28 heavy (non-hydrogen) atoms. The zero-order valence-corrected chi connectivity index (χ0v) is 16.4. The van der Waals surface area contributed by atoms with E-state index in [1.54, 1.807) is 24.3 Å². The van der Waals surface area contributed by atoms with Crippen molar-refractivity contribution in [3.05, 3.63) is 70.7 Å². The smallest absolute Gasteiger partial charge is 0.251 e. The Labute approximate surface area is 167 Å². The van der Waals surface area contributed by atoms with Crippen molar-refractivity contribution in [1.29, 1.82) is 0 Å². The number of hydrogen-bond donors (Lipinski definition) is 2. The van der Waals surface area contributed by atoms with Crippen LogP contribution in [0.5, 0.6) is 0 Å². The number of amides is 2. The number of carbonyl (C=O) groups is 2. The van der Waals surface area contributed by atoms with E-state index in [9.17, 15) is 9.59 Å². The first-order chi connectivity index (χ1) is 13.6. The summed E-state index contributed by atoms with van der Waals surface area (Å²) >= 11 is 1.53. The number of nitrogens with zero attached hydrogens (tertiary/aromatic N) is 1. The van der Waals surface area contributed by atoms with Gasteiger partial charge in [-0.3, -0.25) is 9.59 Å². The summed E-state index contributed by atoms with van der Waals surface area (Å²) < 4.78 is 0. The molecule has 1 aliphatic rings. The van der Waals surface area contributed by atoms with Crippen LogP contribution in [0.2, 0.25) is 0 Å². The average molecular weight is 391 g/mol.